The van der Waals surface area contributed by atoms with E-state index in [-0.39, 0.29) is 49.5 Å². The summed E-state index contributed by atoms with van der Waals surface area (Å²) >= 11 is 0. The summed E-state index contributed by atoms with van der Waals surface area (Å²) in [6.07, 6.45) is 8.40. The Labute approximate surface area is 303 Å². The summed E-state index contributed by atoms with van der Waals surface area (Å²) in [7, 11) is 0. The van der Waals surface area contributed by atoms with Gasteiger partial charge in [0.2, 0.25) is 5.91 Å². The fourth-order valence-electron chi connectivity index (χ4n) is 4.29. The average molecular weight is 706 g/mol. The molecule has 2 N–H and O–H groups in total. The summed E-state index contributed by atoms with van der Waals surface area (Å²) in [5.41, 5.74) is 3.91. The Kier molecular flexibility index (Phi) is 24.7. The second kappa shape index (κ2) is 27.6. The van der Waals surface area contributed by atoms with Gasteiger partial charge >= 0.3 is 17.9 Å². The van der Waals surface area contributed by atoms with Gasteiger partial charge in [-0.3, -0.25) is 9.59 Å². The molecule has 2 unspecified atom stereocenters. The number of benzene rings is 2. The molecule has 2 rings (SSSR count). The van der Waals surface area contributed by atoms with E-state index in [4.69, 9.17) is 4.74 Å². The summed E-state index contributed by atoms with van der Waals surface area (Å²) in [6, 6.07) is 15.2. The molecule has 0 spiro atoms. The van der Waals surface area contributed by atoms with Crippen LogP contribution in [0.2, 0.25) is 0 Å². The van der Waals surface area contributed by atoms with Gasteiger partial charge in [0.1, 0.15) is 24.8 Å². The summed E-state index contributed by atoms with van der Waals surface area (Å²) in [6.45, 7) is 20.1. The van der Waals surface area contributed by atoms with Crippen LogP contribution >= 0.6 is 0 Å². The molecule has 2 atom stereocenters. The number of allylic oxidation sites excluding steroid dienone is 2. The second-order valence-corrected chi connectivity index (χ2v) is 11.3. The van der Waals surface area contributed by atoms with Gasteiger partial charge in [0.15, 0.2) is 0 Å². The average Bonchev–Trinajstić information content (AvgIpc) is 3.13. The van der Waals surface area contributed by atoms with Gasteiger partial charge in [-0.2, -0.15) is 0 Å². The molecule has 0 saturated carbocycles. The Morgan fingerprint density at radius 3 is 1.92 bits per heavy atom. The Bertz CT molecular complexity index is 1430. The molecule has 0 fully saturated rings. The van der Waals surface area contributed by atoms with E-state index in [2.05, 4.69) is 72.6 Å². The molecule has 0 bridgehead atoms. The highest BCUT2D eigenvalue weighted by Gasteiger charge is 2.17. The van der Waals surface area contributed by atoms with Crippen molar-refractivity contribution in [3.8, 4) is 11.1 Å². The summed E-state index contributed by atoms with van der Waals surface area (Å²) in [5.74, 6) is -1.35. The number of carbonyl (C=O) groups excluding carboxylic acids is 5. The molecule has 0 radical (unpaired) electrons. The SMILES string of the molecule is C=C/C=C(/O)C(CCC(C)CCCOC(=O)c1ccc(-c2ccc(C)cc2)cc1)NC(=O)C=C.C=CC(=O)OCCOC(=O)CCC(C)=O.CC. The minimum atomic E-state index is -0.560. The number of Topliss-reactive ketones (excluding diaryl/α,β-unsaturated/α-hetero) is 1. The first-order valence-corrected chi connectivity index (χ1v) is 17.1. The predicted octanol–water partition coefficient (Wildman–Crippen LogP) is 7.97. The third-order valence-corrected chi connectivity index (χ3v) is 7.11. The third kappa shape index (κ3) is 21.4. The van der Waals surface area contributed by atoms with Gasteiger partial charge in [-0.1, -0.05) is 88.5 Å². The van der Waals surface area contributed by atoms with Crippen molar-refractivity contribution in [3.63, 3.8) is 0 Å². The maximum Gasteiger partial charge on any atom is 0.338 e. The van der Waals surface area contributed by atoms with Crippen molar-refractivity contribution in [1.29, 1.82) is 0 Å². The van der Waals surface area contributed by atoms with Crippen LogP contribution in [0.25, 0.3) is 11.1 Å². The van der Waals surface area contributed by atoms with Gasteiger partial charge in [-0.25, -0.2) is 9.59 Å². The lowest BCUT2D eigenvalue weighted by Gasteiger charge is -2.19. The number of esters is 3. The molecule has 10 heteroatoms. The van der Waals surface area contributed by atoms with Crippen LogP contribution in [0.5, 0.6) is 0 Å². The lowest BCUT2D eigenvalue weighted by atomic mass is 9.96. The van der Waals surface area contributed by atoms with E-state index in [9.17, 15) is 29.1 Å². The van der Waals surface area contributed by atoms with E-state index >= 15 is 0 Å². The summed E-state index contributed by atoms with van der Waals surface area (Å²) in [4.78, 5) is 56.0. The number of carbonyl (C=O) groups is 5. The number of nitrogens with one attached hydrogen (secondary N) is 1. The molecular weight excluding hydrogens is 650 g/mol. The molecule has 0 aliphatic carbocycles. The lowest BCUT2D eigenvalue weighted by molar-refractivity contribution is -0.150. The van der Waals surface area contributed by atoms with E-state index in [1.807, 2.05) is 26.0 Å². The molecule has 0 aromatic heterocycles. The van der Waals surface area contributed by atoms with Crippen molar-refractivity contribution < 1.29 is 43.3 Å². The van der Waals surface area contributed by atoms with Crippen LogP contribution in [-0.4, -0.2) is 60.6 Å². The molecule has 1 amide bonds. The largest absolute Gasteiger partial charge is 0.510 e. The van der Waals surface area contributed by atoms with E-state index < -0.39 is 18.0 Å². The summed E-state index contributed by atoms with van der Waals surface area (Å²) < 4.78 is 14.7. The van der Waals surface area contributed by atoms with Crippen LogP contribution in [0.1, 0.15) is 82.1 Å². The van der Waals surface area contributed by atoms with Gasteiger partial charge in [-0.15, -0.1) is 0 Å². The summed E-state index contributed by atoms with van der Waals surface area (Å²) in [5, 5.41) is 12.9. The molecule has 0 aliphatic rings. The Hall–Kier alpha value is -5.25. The van der Waals surface area contributed by atoms with Gasteiger partial charge in [-0.05, 0) is 80.9 Å². The maximum atomic E-state index is 12.4. The highest BCUT2D eigenvalue weighted by atomic mass is 16.6. The highest BCUT2D eigenvalue weighted by Crippen LogP contribution is 2.21. The lowest BCUT2D eigenvalue weighted by Crippen LogP contribution is -2.35. The number of hydrogen-bond acceptors (Lipinski definition) is 9. The number of ether oxygens (including phenoxy) is 3. The Morgan fingerprint density at radius 2 is 1.37 bits per heavy atom. The number of amides is 1. The molecule has 51 heavy (non-hydrogen) atoms. The van der Waals surface area contributed by atoms with Crippen molar-refractivity contribution in [2.75, 3.05) is 19.8 Å². The normalized spacial score (nSPS) is 11.4. The van der Waals surface area contributed by atoms with Gasteiger partial charge in [0.05, 0.1) is 24.6 Å². The van der Waals surface area contributed by atoms with Gasteiger partial charge in [0, 0.05) is 12.5 Å². The maximum absolute atomic E-state index is 12.4. The molecule has 278 valence electrons. The molecule has 10 nitrogen and oxygen atoms in total. The van der Waals surface area contributed by atoms with Gasteiger partial charge in [0.25, 0.3) is 0 Å². The van der Waals surface area contributed by atoms with Crippen LogP contribution in [0.15, 0.2) is 98.3 Å². The van der Waals surface area contributed by atoms with Crippen molar-refractivity contribution in [3.05, 3.63) is 109 Å². The minimum Gasteiger partial charge on any atom is -0.510 e. The van der Waals surface area contributed by atoms with E-state index in [1.165, 1.54) is 30.7 Å². The highest BCUT2D eigenvalue weighted by molar-refractivity contribution is 5.90. The zero-order valence-electron chi connectivity index (χ0n) is 30.8. The number of aliphatic hydroxyl groups is 1. The first-order valence-electron chi connectivity index (χ1n) is 17.1. The Morgan fingerprint density at radius 1 is 0.784 bits per heavy atom. The Balaban J connectivity index is 0.00000123. The fourth-order valence-corrected chi connectivity index (χ4v) is 4.29. The molecule has 0 saturated heterocycles. The van der Waals surface area contributed by atoms with Crippen LogP contribution < -0.4 is 5.32 Å². The number of aryl methyl sites for hydroxylation is 1. The molecular formula is C41H55NO9. The predicted molar refractivity (Wildman–Crippen MR) is 201 cm³/mol. The smallest absolute Gasteiger partial charge is 0.338 e. The first-order chi connectivity index (χ1) is 24.4. The number of hydrogen-bond donors (Lipinski definition) is 2. The van der Waals surface area contributed by atoms with Crippen molar-refractivity contribution >= 4 is 29.6 Å². The van der Waals surface area contributed by atoms with Crippen molar-refractivity contribution in [2.45, 2.75) is 79.2 Å². The second-order valence-electron chi connectivity index (χ2n) is 11.3. The van der Waals surface area contributed by atoms with Crippen LogP contribution in [0.4, 0.5) is 0 Å². The number of aliphatic hydroxyl groups excluding tert-OH is 1. The van der Waals surface area contributed by atoms with Crippen LogP contribution in [0.3, 0.4) is 0 Å². The molecule has 2 aromatic carbocycles. The van der Waals surface area contributed by atoms with E-state index in [0.717, 1.165) is 36.5 Å². The first kappa shape index (κ1) is 45.8. The quantitative estimate of drug-likeness (QED) is 0.0350. The topological polar surface area (TPSA) is 145 Å². The number of rotatable bonds is 20. The zero-order chi connectivity index (χ0) is 38.6. The minimum absolute atomic E-state index is 0.00331. The van der Waals surface area contributed by atoms with Gasteiger partial charge < -0.3 is 29.4 Å². The zero-order valence-corrected chi connectivity index (χ0v) is 30.8. The van der Waals surface area contributed by atoms with E-state index in [0.29, 0.717) is 24.5 Å². The number of ketones is 1. The van der Waals surface area contributed by atoms with Crippen molar-refractivity contribution in [1.82, 2.24) is 5.32 Å². The molecule has 2 aromatic rings. The van der Waals surface area contributed by atoms with Crippen molar-refractivity contribution in [2.24, 2.45) is 5.92 Å². The standard InChI is InChI=1S/C29H35NO4.C10H14O5.C2H6/c1-5-8-27(31)26(30-28(32)6-2)19-12-21(3)9-7-20-34-29(33)25-17-15-24(16-18-25)23-13-10-22(4)11-14-23;1-3-9(12)14-6-7-15-10(13)5-4-8(2)11;1-2/h5-6,8,10-11,13-18,21,26,31H,1-2,7,9,12,19-20H2,3-4H3,(H,30,32);3H,1,4-7H2,2H3;1-2H3/b27-8+;;. The van der Waals surface area contributed by atoms with Crippen LogP contribution in [0, 0.1) is 12.8 Å². The van der Waals surface area contributed by atoms with Crippen LogP contribution in [-0.2, 0) is 33.4 Å². The molecule has 0 heterocycles. The fraction of sp³-hybridized carbons (Fsp3) is 0.390. The monoisotopic (exact) mass is 705 g/mol. The van der Waals surface area contributed by atoms with E-state index in [1.54, 1.807) is 12.1 Å². The molecule has 0 aliphatic heterocycles. The third-order valence-electron chi connectivity index (χ3n) is 7.11.